The summed E-state index contributed by atoms with van der Waals surface area (Å²) in [5.41, 5.74) is -0.469. The lowest BCUT2D eigenvalue weighted by molar-refractivity contribution is -0.123. The molecule has 1 aromatic carbocycles. The molecule has 0 unspecified atom stereocenters. The average Bonchev–Trinajstić information content (AvgIpc) is 2.63. The Morgan fingerprint density at radius 2 is 1.89 bits per heavy atom. The van der Waals surface area contributed by atoms with E-state index >= 15 is 0 Å². The Balaban J connectivity index is 1.55. The van der Waals surface area contributed by atoms with Crippen molar-refractivity contribution in [3.05, 3.63) is 29.3 Å². The molecule has 1 N–H and O–H groups in total. The molecule has 0 saturated carbocycles. The summed E-state index contributed by atoms with van der Waals surface area (Å²) in [4.78, 5) is 27.9. The fraction of sp³-hybridized carbons (Fsp3) is 0.600. The molecular formula is C20H30ClN3O4. The summed E-state index contributed by atoms with van der Waals surface area (Å²) in [5.74, 6) is 0.417. The lowest BCUT2D eigenvalue weighted by atomic mass is 10.2. The zero-order chi connectivity index (χ0) is 20.6. The molecule has 0 spiro atoms. The van der Waals surface area contributed by atoms with Crippen LogP contribution in [-0.2, 0) is 9.53 Å². The van der Waals surface area contributed by atoms with Crippen LogP contribution >= 0.6 is 11.6 Å². The van der Waals surface area contributed by atoms with E-state index in [9.17, 15) is 9.59 Å². The van der Waals surface area contributed by atoms with Crippen LogP contribution in [0.25, 0.3) is 0 Å². The number of nitrogens with zero attached hydrogens (tertiary/aromatic N) is 2. The maximum Gasteiger partial charge on any atom is 0.410 e. The van der Waals surface area contributed by atoms with Gasteiger partial charge in [-0.25, -0.2) is 4.79 Å². The third-order valence-electron chi connectivity index (χ3n) is 4.16. The Labute approximate surface area is 171 Å². The van der Waals surface area contributed by atoms with Gasteiger partial charge in [0.15, 0.2) is 6.61 Å². The molecule has 8 heteroatoms. The molecule has 0 aliphatic carbocycles. The second-order valence-electron chi connectivity index (χ2n) is 7.76. The Morgan fingerprint density at radius 1 is 1.18 bits per heavy atom. The molecule has 0 atom stereocenters. The van der Waals surface area contributed by atoms with Gasteiger partial charge in [0.2, 0.25) is 0 Å². The number of benzene rings is 1. The van der Waals surface area contributed by atoms with Gasteiger partial charge in [-0.1, -0.05) is 17.7 Å². The maximum atomic E-state index is 12.1. The SMILES string of the molecule is CC(C)(C)OC(=O)N1CCN(CCCNC(=O)COc2cccc(Cl)c2)CC1. The van der Waals surface area contributed by atoms with Crippen LogP contribution in [0.2, 0.25) is 5.02 Å². The quantitative estimate of drug-likeness (QED) is 0.698. The van der Waals surface area contributed by atoms with Gasteiger partial charge in [0.25, 0.3) is 5.91 Å². The number of hydrogen-bond acceptors (Lipinski definition) is 5. The number of amides is 2. The van der Waals surface area contributed by atoms with Crippen molar-refractivity contribution in [2.75, 3.05) is 45.9 Å². The molecule has 1 fully saturated rings. The highest BCUT2D eigenvalue weighted by molar-refractivity contribution is 6.30. The first-order valence-corrected chi connectivity index (χ1v) is 9.96. The number of carbonyl (C=O) groups is 2. The largest absolute Gasteiger partial charge is 0.484 e. The standard InChI is InChI=1S/C20H30ClN3O4/c1-20(2,3)28-19(26)24-12-10-23(11-13-24)9-5-8-22-18(25)15-27-17-7-4-6-16(21)14-17/h4,6-7,14H,5,8-13,15H2,1-3H3,(H,22,25). The average molecular weight is 412 g/mol. The van der Waals surface area contributed by atoms with Crippen molar-refractivity contribution in [2.45, 2.75) is 32.8 Å². The summed E-state index contributed by atoms with van der Waals surface area (Å²) in [6, 6.07) is 6.96. The maximum absolute atomic E-state index is 12.1. The number of piperazine rings is 1. The fourth-order valence-electron chi connectivity index (χ4n) is 2.77. The minimum atomic E-state index is -0.469. The summed E-state index contributed by atoms with van der Waals surface area (Å²) >= 11 is 5.88. The topological polar surface area (TPSA) is 71.1 Å². The van der Waals surface area contributed by atoms with Crippen LogP contribution < -0.4 is 10.1 Å². The molecule has 1 aromatic rings. The van der Waals surface area contributed by atoms with Gasteiger partial charge >= 0.3 is 6.09 Å². The van der Waals surface area contributed by atoms with Gasteiger partial charge in [0.05, 0.1) is 0 Å². The third-order valence-corrected chi connectivity index (χ3v) is 4.40. The molecule has 1 aliphatic heterocycles. The van der Waals surface area contributed by atoms with E-state index in [4.69, 9.17) is 21.1 Å². The summed E-state index contributed by atoms with van der Waals surface area (Å²) in [6.45, 7) is 9.98. The fourth-order valence-corrected chi connectivity index (χ4v) is 2.95. The van der Waals surface area contributed by atoms with Crippen molar-refractivity contribution in [1.29, 1.82) is 0 Å². The van der Waals surface area contributed by atoms with Crippen molar-refractivity contribution < 1.29 is 19.1 Å². The summed E-state index contributed by atoms with van der Waals surface area (Å²) in [6.07, 6.45) is 0.592. The van der Waals surface area contributed by atoms with Crippen LogP contribution in [-0.4, -0.2) is 73.3 Å². The van der Waals surface area contributed by atoms with Crippen molar-refractivity contribution in [3.8, 4) is 5.75 Å². The summed E-state index contributed by atoms with van der Waals surface area (Å²) < 4.78 is 10.8. The van der Waals surface area contributed by atoms with E-state index in [-0.39, 0.29) is 18.6 Å². The molecule has 0 bridgehead atoms. The monoisotopic (exact) mass is 411 g/mol. The number of halogens is 1. The molecule has 7 nitrogen and oxygen atoms in total. The third kappa shape index (κ3) is 8.35. The van der Waals surface area contributed by atoms with Gasteiger partial charge in [-0.2, -0.15) is 0 Å². The number of rotatable bonds is 7. The minimum Gasteiger partial charge on any atom is -0.484 e. The van der Waals surface area contributed by atoms with E-state index in [1.807, 2.05) is 20.8 Å². The highest BCUT2D eigenvalue weighted by atomic mass is 35.5. The van der Waals surface area contributed by atoms with Gasteiger partial charge in [0.1, 0.15) is 11.4 Å². The zero-order valence-corrected chi connectivity index (χ0v) is 17.6. The van der Waals surface area contributed by atoms with E-state index in [0.717, 1.165) is 26.1 Å². The van der Waals surface area contributed by atoms with Crippen molar-refractivity contribution in [3.63, 3.8) is 0 Å². The van der Waals surface area contributed by atoms with E-state index < -0.39 is 5.60 Å². The number of hydrogen-bond donors (Lipinski definition) is 1. The predicted molar refractivity (Wildman–Crippen MR) is 109 cm³/mol. The van der Waals surface area contributed by atoms with Crippen molar-refractivity contribution >= 4 is 23.6 Å². The lowest BCUT2D eigenvalue weighted by Gasteiger charge is -2.35. The smallest absolute Gasteiger partial charge is 0.410 e. The number of ether oxygens (including phenoxy) is 2. The van der Waals surface area contributed by atoms with Crippen LogP contribution in [0.1, 0.15) is 27.2 Å². The van der Waals surface area contributed by atoms with Crippen LogP contribution in [0, 0.1) is 0 Å². The second-order valence-corrected chi connectivity index (χ2v) is 8.20. The molecule has 28 heavy (non-hydrogen) atoms. The molecule has 2 rings (SSSR count). The van der Waals surface area contributed by atoms with Gasteiger partial charge in [-0.15, -0.1) is 0 Å². The first-order valence-electron chi connectivity index (χ1n) is 9.58. The Morgan fingerprint density at radius 3 is 2.54 bits per heavy atom. The highest BCUT2D eigenvalue weighted by Gasteiger charge is 2.25. The van der Waals surface area contributed by atoms with Crippen LogP contribution in [0.15, 0.2) is 24.3 Å². The second kappa shape index (κ2) is 10.5. The van der Waals surface area contributed by atoms with Crippen LogP contribution in [0.4, 0.5) is 4.79 Å². The molecule has 2 amide bonds. The predicted octanol–water partition coefficient (Wildman–Crippen LogP) is 2.78. The van der Waals surface area contributed by atoms with E-state index in [0.29, 0.717) is 30.4 Å². The van der Waals surface area contributed by atoms with E-state index in [2.05, 4.69) is 10.2 Å². The van der Waals surface area contributed by atoms with Gasteiger partial charge < -0.3 is 19.7 Å². The molecule has 0 aromatic heterocycles. The number of carbonyl (C=O) groups excluding carboxylic acids is 2. The zero-order valence-electron chi connectivity index (χ0n) is 16.9. The lowest BCUT2D eigenvalue weighted by Crippen LogP contribution is -2.50. The van der Waals surface area contributed by atoms with Gasteiger partial charge in [-0.3, -0.25) is 9.69 Å². The normalized spacial score (nSPS) is 15.2. The molecule has 156 valence electrons. The Hall–Kier alpha value is -1.99. The molecular weight excluding hydrogens is 382 g/mol. The number of nitrogens with one attached hydrogen (secondary N) is 1. The van der Waals surface area contributed by atoms with Crippen molar-refractivity contribution in [2.24, 2.45) is 0 Å². The highest BCUT2D eigenvalue weighted by Crippen LogP contribution is 2.16. The molecule has 1 heterocycles. The van der Waals surface area contributed by atoms with Crippen molar-refractivity contribution in [1.82, 2.24) is 15.1 Å². The van der Waals surface area contributed by atoms with Gasteiger partial charge in [0, 0.05) is 37.7 Å². The Kier molecular flexibility index (Phi) is 8.38. The van der Waals surface area contributed by atoms with E-state index in [1.165, 1.54) is 0 Å². The Bertz CT molecular complexity index is 655. The van der Waals surface area contributed by atoms with Crippen LogP contribution in [0.5, 0.6) is 5.75 Å². The molecule has 1 saturated heterocycles. The molecule has 0 radical (unpaired) electrons. The summed E-state index contributed by atoms with van der Waals surface area (Å²) in [5, 5.41) is 3.43. The first-order chi connectivity index (χ1) is 13.2. The van der Waals surface area contributed by atoms with Gasteiger partial charge in [-0.05, 0) is 51.9 Å². The summed E-state index contributed by atoms with van der Waals surface area (Å²) in [7, 11) is 0. The minimum absolute atomic E-state index is 0.0328. The van der Waals surface area contributed by atoms with E-state index in [1.54, 1.807) is 29.2 Å². The first kappa shape index (κ1) is 22.3. The molecule has 1 aliphatic rings. The van der Waals surface area contributed by atoms with Crippen LogP contribution in [0.3, 0.4) is 0 Å².